The van der Waals surface area contributed by atoms with Crippen molar-refractivity contribution in [2.45, 2.75) is 64.4 Å². The highest BCUT2D eigenvalue weighted by Gasteiger charge is 2.52. The minimum Gasteiger partial charge on any atom is -0.376 e. The molecule has 0 unspecified atom stereocenters. The lowest BCUT2D eigenvalue weighted by atomic mass is 9.48. The number of hydrogen-bond acceptors (Lipinski definition) is 3. The first kappa shape index (κ1) is 15.8. The minimum absolute atomic E-state index is 0.308. The van der Waals surface area contributed by atoms with E-state index in [-0.39, 0.29) is 0 Å². The topological polar surface area (TPSA) is 45.7 Å². The molecule has 5 heteroatoms. The monoisotopic (exact) mass is 335 g/mol. The molecule has 1 atom stereocenters. The highest BCUT2D eigenvalue weighted by molar-refractivity contribution is 7.80. The molecule has 0 radical (unpaired) electrons. The van der Waals surface area contributed by atoms with Gasteiger partial charge in [0.25, 0.3) is 0 Å². The van der Waals surface area contributed by atoms with Gasteiger partial charge in [-0.2, -0.15) is 5.10 Å². The summed E-state index contributed by atoms with van der Waals surface area (Å²) in [6.07, 6.45) is 11.1. The van der Waals surface area contributed by atoms with Crippen molar-refractivity contribution in [2.75, 3.05) is 13.2 Å². The van der Waals surface area contributed by atoms with E-state index in [0.717, 1.165) is 43.7 Å². The number of hydrogen-bond donors (Lipinski definition) is 2. The molecule has 5 fully saturated rings. The second-order valence-electron chi connectivity index (χ2n) is 8.35. The van der Waals surface area contributed by atoms with Gasteiger partial charge < -0.3 is 10.1 Å². The van der Waals surface area contributed by atoms with Gasteiger partial charge in [-0.15, -0.1) is 0 Å². The zero-order chi connectivity index (χ0) is 15.9. The third-order valence-corrected chi connectivity index (χ3v) is 6.88. The van der Waals surface area contributed by atoms with Gasteiger partial charge in [-0.3, -0.25) is 5.43 Å². The van der Waals surface area contributed by atoms with E-state index >= 15 is 0 Å². The number of thiocarbonyl (C=S) groups is 1. The second-order valence-corrected chi connectivity index (χ2v) is 8.76. The van der Waals surface area contributed by atoms with Crippen LogP contribution >= 0.6 is 12.2 Å². The Kier molecular flexibility index (Phi) is 4.35. The number of rotatable bonds is 4. The van der Waals surface area contributed by atoms with Crippen molar-refractivity contribution in [3.05, 3.63) is 0 Å². The molecule has 23 heavy (non-hydrogen) atoms. The van der Waals surface area contributed by atoms with E-state index in [0.29, 0.717) is 16.6 Å². The lowest BCUT2D eigenvalue weighted by molar-refractivity contribution is -0.0128. The number of nitrogens with one attached hydrogen (secondary N) is 2. The Hall–Kier alpha value is -0.680. The average molecular weight is 336 g/mol. The Balaban J connectivity index is 1.32. The maximum Gasteiger partial charge on any atom is 0.187 e. The van der Waals surface area contributed by atoms with Crippen molar-refractivity contribution in [3.8, 4) is 0 Å². The van der Waals surface area contributed by atoms with E-state index in [1.165, 1.54) is 44.2 Å². The molecule has 0 aromatic carbocycles. The van der Waals surface area contributed by atoms with Crippen LogP contribution in [0.2, 0.25) is 0 Å². The third-order valence-electron chi connectivity index (χ3n) is 6.65. The molecule has 2 N–H and O–H groups in total. The molecule has 1 heterocycles. The van der Waals surface area contributed by atoms with Crippen LogP contribution < -0.4 is 10.7 Å². The minimum atomic E-state index is 0.308. The molecule has 4 aliphatic carbocycles. The zero-order valence-electron chi connectivity index (χ0n) is 14.1. The summed E-state index contributed by atoms with van der Waals surface area (Å²) in [7, 11) is 0. The molecule has 1 saturated heterocycles. The van der Waals surface area contributed by atoms with Gasteiger partial charge in [0.15, 0.2) is 5.11 Å². The molecule has 0 aromatic rings. The molecule has 128 valence electrons. The Morgan fingerprint density at radius 3 is 2.39 bits per heavy atom. The first-order chi connectivity index (χ1) is 11.1. The summed E-state index contributed by atoms with van der Waals surface area (Å²) < 4.78 is 5.61. The van der Waals surface area contributed by atoms with Crippen LogP contribution in [-0.2, 0) is 4.74 Å². The Morgan fingerprint density at radius 1 is 1.17 bits per heavy atom. The molecule has 4 nitrogen and oxygen atoms in total. The normalized spacial score (nSPS) is 42.0. The number of nitrogens with zero attached hydrogens (tertiary/aromatic N) is 1. The van der Waals surface area contributed by atoms with Gasteiger partial charge in [0.05, 0.1) is 6.10 Å². The van der Waals surface area contributed by atoms with Gasteiger partial charge in [0.1, 0.15) is 0 Å². The third kappa shape index (κ3) is 3.27. The fourth-order valence-corrected chi connectivity index (χ4v) is 5.99. The van der Waals surface area contributed by atoms with E-state index in [9.17, 15) is 0 Å². The largest absolute Gasteiger partial charge is 0.376 e. The molecular formula is C18H29N3OS. The Labute approximate surface area is 144 Å². The lowest BCUT2D eigenvalue weighted by Gasteiger charge is -2.56. The van der Waals surface area contributed by atoms with Crippen LogP contribution in [0.1, 0.15) is 58.3 Å². The molecule has 0 aromatic heterocycles. The maximum absolute atomic E-state index is 5.61. The zero-order valence-corrected chi connectivity index (χ0v) is 15.0. The highest BCUT2D eigenvalue weighted by Crippen LogP contribution is 2.60. The second kappa shape index (κ2) is 6.32. The number of hydrazone groups is 1. The predicted molar refractivity (Wildman–Crippen MR) is 96.4 cm³/mol. The van der Waals surface area contributed by atoms with Crippen LogP contribution in [0.25, 0.3) is 0 Å². The van der Waals surface area contributed by atoms with Gasteiger partial charge in [-0.05, 0) is 88.3 Å². The van der Waals surface area contributed by atoms with Crippen molar-refractivity contribution in [2.24, 2.45) is 28.3 Å². The van der Waals surface area contributed by atoms with Gasteiger partial charge in [-0.1, -0.05) is 0 Å². The van der Waals surface area contributed by atoms with Crippen molar-refractivity contribution in [1.29, 1.82) is 0 Å². The van der Waals surface area contributed by atoms with Gasteiger partial charge >= 0.3 is 0 Å². The number of ether oxygens (including phenoxy) is 1. The smallest absolute Gasteiger partial charge is 0.187 e. The van der Waals surface area contributed by atoms with Crippen LogP contribution in [0.4, 0.5) is 0 Å². The fraction of sp³-hybridized carbons (Fsp3) is 0.889. The lowest BCUT2D eigenvalue weighted by Crippen LogP contribution is -2.50. The van der Waals surface area contributed by atoms with Crippen molar-refractivity contribution >= 4 is 23.0 Å². The van der Waals surface area contributed by atoms with E-state index < -0.39 is 0 Å². The van der Waals surface area contributed by atoms with Crippen LogP contribution in [0.15, 0.2) is 5.10 Å². The van der Waals surface area contributed by atoms with E-state index in [1.807, 2.05) is 0 Å². The molecular weight excluding hydrogens is 306 g/mol. The first-order valence-electron chi connectivity index (χ1n) is 9.33. The summed E-state index contributed by atoms with van der Waals surface area (Å²) in [6, 6.07) is 0. The quantitative estimate of drug-likeness (QED) is 0.470. The summed E-state index contributed by atoms with van der Waals surface area (Å²) in [5.41, 5.74) is 4.73. The SMILES string of the molecule is C/C(=N/NC(=S)NC[C@H]1CCCO1)C12CC3CC(CC(C3)C1)C2. The summed E-state index contributed by atoms with van der Waals surface area (Å²) >= 11 is 5.37. The fourth-order valence-electron chi connectivity index (χ4n) is 5.86. The van der Waals surface area contributed by atoms with Crippen LogP contribution in [0.3, 0.4) is 0 Å². The summed E-state index contributed by atoms with van der Waals surface area (Å²) in [5, 5.41) is 8.55. The summed E-state index contributed by atoms with van der Waals surface area (Å²) in [5.74, 6) is 2.86. The van der Waals surface area contributed by atoms with Gasteiger partial charge in [0, 0.05) is 24.3 Å². The van der Waals surface area contributed by atoms with E-state index in [4.69, 9.17) is 17.0 Å². The van der Waals surface area contributed by atoms with E-state index in [2.05, 4.69) is 22.8 Å². The van der Waals surface area contributed by atoms with Crippen LogP contribution in [0, 0.1) is 23.2 Å². The molecule has 1 aliphatic heterocycles. The molecule has 5 rings (SSSR count). The van der Waals surface area contributed by atoms with Gasteiger partial charge in [-0.25, -0.2) is 0 Å². The standard InChI is InChI=1S/C18H29N3OS/c1-12(20-21-17(23)19-11-16-3-2-4-22-16)18-8-13-5-14(9-18)7-15(6-13)10-18/h13-16H,2-11H2,1H3,(H2,19,21,23)/b20-12-/t13?,14?,15?,16-,18?/m1/s1. The Bertz CT molecular complexity index is 463. The van der Waals surface area contributed by atoms with Crippen LogP contribution in [-0.4, -0.2) is 30.1 Å². The van der Waals surface area contributed by atoms with Gasteiger partial charge in [0.2, 0.25) is 0 Å². The van der Waals surface area contributed by atoms with Crippen molar-refractivity contribution in [3.63, 3.8) is 0 Å². The molecule has 0 amide bonds. The molecule has 4 bridgehead atoms. The maximum atomic E-state index is 5.61. The predicted octanol–water partition coefficient (Wildman–Crippen LogP) is 3.22. The van der Waals surface area contributed by atoms with E-state index in [1.54, 1.807) is 0 Å². The average Bonchev–Trinajstić information content (AvgIpc) is 3.02. The van der Waals surface area contributed by atoms with Crippen LogP contribution in [0.5, 0.6) is 0 Å². The first-order valence-corrected chi connectivity index (χ1v) is 9.74. The summed E-state index contributed by atoms with van der Waals surface area (Å²) in [6.45, 7) is 3.89. The Morgan fingerprint density at radius 2 is 1.83 bits per heavy atom. The summed E-state index contributed by atoms with van der Waals surface area (Å²) in [4.78, 5) is 0. The van der Waals surface area contributed by atoms with Crippen molar-refractivity contribution < 1.29 is 4.74 Å². The van der Waals surface area contributed by atoms with Crippen molar-refractivity contribution in [1.82, 2.24) is 10.7 Å². The molecule has 4 saturated carbocycles. The highest BCUT2D eigenvalue weighted by atomic mass is 32.1. The molecule has 5 aliphatic rings. The molecule has 0 spiro atoms.